The van der Waals surface area contributed by atoms with E-state index in [0.29, 0.717) is 5.56 Å². The molecule has 0 fully saturated rings. The van der Waals surface area contributed by atoms with Crippen LogP contribution >= 0.6 is 23.2 Å². The van der Waals surface area contributed by atoms with Crippen LogP contribution in [0.25, 0.3) is 5.52 Å². The van der Waals surface area contributed by atoms with Crippen LogP contribution < -0.4 is 5.32 Å². The van der Waals surface area contributed by atoms with Crippen LogP contribution in [0.4, 0.5) is 0 Å². The van der Waals surface area contributed by atoms with Gasteiger partial charge in [0.2, 0.25) is 0 Å². The van der Waals surface area contributed by atoms with Gasteiger partial charge >= 0.3 is 0 Å². The molecule has 6 heteroatoms. The van der Waals surface area contributed by atoms with Crippen LogP contribution in [0.3, 0.4) is 0 Å². The van der Waals surface area contributed by atoms with Gasteiger partial charge in [-0.2, -0.15) is 5.10 Å². The third-order valence-corrected chi connectivity index (χ3v) is 3.86. The third-order valence-electron chi connectivity index (χ3n) is 2.68. The number of aromatic nitrogens is 2. The Balaban J connectivity index is 2.29. The van der Waals surface area contributed by atoms with Gasteiger partial charge in [-0.15, -0.1) is 23.2 Å². The van der Waals surface area contributed by atoms with Crippen LogP contribution in [-0.2, 0) is 0 Å². The number of hydrogen-bond acceptors (Lipinski definition) is 2. The molecule has 2 rings (SSSR count). The maximum atomic E-state index is 12.2. The van der Waals surface area contributed by atoms with Crippen LogP contribution in [0.15, 0.2) is 30.6 Å². The monoisotopic (exact) mass is 285 g/mol. The minimum Gasteiger partial charge on any atom is -0.344 e. The van der Waals surface area contributed by atoms with E-state index in [4.69, 9.17) is 23.2 Å². The maximum Gasteiger partial charge on any atom is 0.255 e. The predicted molar refractivity (Wildman–Crippen MR) is 72.5 cm³/mol. The molecule has 0 radical (unpaired) electrons. The Labute approximate surface area is 115 Å². The van der Waals surface area contributed by atoms with Gasteiger partial charge in [-0.25, -0.2) is 4.52 Å². The summed E-state index contributed by atoms with van der Waals surface area (Å²) < 4.78 is 1.65. The van der Waals surface area contributed by atoms with Crippen molar-refractivity contribution in [3.05, 3.63) is 36.2 Å². The number of pyridine rings is 1. The molecule has 0 saturated carbocycles. The average molecular weight is 286 g/mol. The van der Waals surface area contributed by atoms with E-state index in [1.54, 1.807) is 17.6 Å². The highest BCUT2D eigenvalue weighted by molar-refractivity contribution is 6.22. The van der Waals surface area contributed by atoms with Gasteiger partial charge in [-0.05, 0) is 19.1 Å². The largest absolute Gasteiger partial charge is 0.344 e. The van der Waals surface area contributed by atoms with E-state index >= 15 is 0 Å². The van der Waals surface area contributed by atoms with Crippen molar-refractivity contribution >= 4 is 34.6 Å². The number of carbonyl (C=O) groups is 1. The highest BCUT2D eigenvalue weighted by Gasteiger charge is 2.26. The van der Waals surface area contributed by atoms with Crippen LogP contribution in [0.5, 0.6) is 0 Å². The molecular formula is C12H13Cl2N3O. The Kier molecular flexibility index (Phi) is 3.78. The molecule has 0 saturated heterocycles. The van der Waals surface area contributed by atoms with Gasteiger partial charge < -0.3 is 5.32 Å². The third kappa shape index (κ3) is 2.44. The van der Waals surface area contributed by atoms with Gasteiger partial charge in [0.15, 0.2) is 0 Å². The number of alkyl halides is 2. The molecule has 18 heavy (non-hydrogen) atoms. The smallest absolute Gasteiger partial charge is 0.255 e. The summed E-state index contributed by atoms with van der Waals surface area (Å²) in [6.07, 6.45) is 3.32. The lowest BCUT2D eigenvalue weighted by molar-refractivity contribution is 0.0923. The Hall–Kier alpha value is -1.26. The molecule has 0 bridgehead atoms. The fourth-order valence-electron chi connectivity index (χ4n) is 1.55. The van der Waals surface area contributed by atoms with Crippen LogP contribution in [0.2, 0.25) is 0 Å². The van der Waals surface area contributed by atoms with Crippen molar-refractivity contribution in [2.75, 3.05) is 11.8 Å². The van der Waals surface area contributed by atoms with Gasteiger partial charge in [0.05, 0.1) is 22.8 Å². The van der Waals surface area contributed by atoms with Crippen molar-refractivity contribution in [1.82, 2.24) is 14.9 Å². The summed E-state index contributed by atoms with van der Waals surface area (Å²) in [4.78, 5) is 12.2. The maximum absolute atomic E-state index is 12.2. The molecule has 0 aliphatic heterocycles. The molecule has 0 spiro atoms. The highest BCUT2D eigenvalue weighted by Crippen LogP contribution is 2.14. The second kappa shape index (κ2) is 5.16. The predicted octanol–water partition coefficient (Wildman–Crippen LogP) is 2.30. The van der Waals surface area contributed by atoms with Crippen molar-refractivity contribution < 1.29 is 4.79 Å². The SMILES string of the molecule is CC(CCl)(CCl)NC(=O)c1cnn2ccccc12. The summed E-state index contributed by atoms with van der Waals surface area (Å²) in [5, 5.41) is 6.94. The second-order valence-electron chi connectivity index (χ2n) is 4.37. The normalized spacial score (nSPS) is 11.7. The number of carbonyl (C=O) groups excluding carboxylic acids is 1. The number of halogens is 2. The first-order chi connectivity index (χ1) is 8.59. The van der Waals surface area contributed by atoms with Gasteiger partial charge in [0.25, 0.3) is 5.91 Å². The Bertz CT molecular complexity index is 563. The number of rotatable bonds is 4. The summed E-state index contributed by atoms with van der Waals surface area (Å²) in [7, 11) is 0. The fourth-order valence-corrected chi connectivity index (χ4v) is 1.97. The molecule has 0 aliphatic rings. The minimum atomic E-state index is -0.622. The van der Waals surface area contributed by atoms with E-state index in [9.17, 15) is 4.79 Å². The molecule has 2 aromatic rings. The van der Waals surface area contributed by atoms with E-state index < -0.39 is 5.54 Å². The van der Waals surface area contributed by atoms with Crippen LogP contribution in [-0.4, -0.2) is 32.8 Å². The Morgan fingerprint density at radius 3 is 2.83 bits per heavy atom. The highest BCUT2D eigenvalue weighted by atomic mass is 35.5. The van der Waals surface area contributed by atoms with E-state index in [2.05, 4.69) is 10.4 Å². The average Bonchev–Trinajstić information content (AvgIpc) is 2.82. The van der Waals surface area contributed by atoms with E-state index in [1.807, 2.05) is 18.2 Å². The molecule has 4 nitrogen and oxygen atoms in total. The van der Waals surface area contributed by atoms with Gasteiger partial charge in [-0.3, -0.25) is 4.79 Å². The van der Waals surface area contributed by atoms with Crippen molar-refractivity contribution in [3.63, 3.8) is 0 Å². The standard InChI is InChI=1S/C12H13Cl2N3O/c1-12(7-13,8-14)16-11(18)9-6-15-17-5-3-2-4-10(9)17/h2-6H,7-8H2,1H3,(H,16,18). The summed E-state index contributed by atoms with van der Waals surface area (Å²) in [6, 6.07) is 5.54. The van der Waals surface area contributed by atoms with Crippen molar-refractivity contribution in [1.29, 1.82) is 0 Å². The molecule has 1 N–H and O–H groups in total. The number of hydrogen-bond donors (Lipinski definition) is 1. The van der Waals surface area contributed by atoms with Crippen LogP contribution in [0.1, 0.15) is 17.3 Å². The number of nitrogens with one attached hydrogen (secondary N) is 1. The molecule has 0 unspecified atom stereocenters. The van der Waals surface area contributed by atoms with Crippen molar-refractivity contribution in [3.8, 4) is 0 Å². The molecule has 2 aromatic heterocycles. The second-order valence-corrected chi connectivity index (χ2v) is 4.91. The molecule has 1 amide bonds. The first-order valence-electron chi connectivity index (χ1n) is 5.46. The summed E-state index contributed by atoms with van der Waals surface area (Å²) >= 11 is 11.6. The molecule has 0 aromatic carbocycles. The molecular weight excluding hydrogens is 273 g/mol. The summed E-state index contributed by atoms with van der Waals surface area (Å²) in [5.41, 5.74) is 0.641. The van der Waals surface area contributed by atoms with E-state index in [1.165, 1.54) is 6.20 Å². The van der Waals surface area contributed by atoms with Crippen molar-refractivity contribution in [2.45, 2.75) is 12.5 Å². The van der Waals surface area contributed by atoms with Gasteiger partial charge in [-0.1, -0.05) is 6.07 Å². The summed E-state index contributed by atoms with van der Waals surface area (Å²) in [6.45, 7) is 1.80. The molecule has 0 atom stereocenters. The van der Waals surface area contributed by atoms with E-state index in [0.717, 1.165) is 5.52 Å². The quantitative estimate of drug-likeness (QED) is 0.877. The number of amides is 1. The zero-order valence-electron chi connectivity index (χ0n) is 9.86. The molecule has 2 heterocycles. The van der Waals surface area contributed by atoms with Gasteiger partial charge in [0, 0.05) is 18.0 Å². The molecule has 0 aliphatic carbocycles. The first-order valence-corrected chi connectivity index (χ1v) is 6.53. The van der Waals surface area contributed by atoms with Crippen molar-refractivity contribution in [2.24, 2.45) is 0 Å². The summed E-state index contributed by atoms with van der Waals surface area (Å²) in [5.74, 6) is 0.281. The van der Waals surface area contributed by atoms with Crippen LogP contribution in [0, 0.1) is 0 Å². The number of nitrogens with zero attached hydrogens (tertiary/aromatic N) is 2. The lowest BCUT2D eigenvalue weighted by Gasteiger charge is -2.25. The minimum absolute atomic E-state index is 0.222. The topological polar surface area (TPSA) is 46.4 Å². The first kappa shape index (κ1) is 13.2. The lowest BCUT2D eigenvalue weighted by atomic mass is 10.1. The number of fused-ring (bicyclic) bond motifs is 1. The van der Waals surface area contributed by atoms with Gasteiger partial charge in [0.1, 0.15) is 0 Å². The zero-order chi connectivity index (χ0) is 13.2. The molecule has 96 valence electrons. The zero-order valence-corrected chi connectivity index (χ0v) is 11.4. The Morgan fingerprint density at radius 1 is 1.44 bits per heavy atom. The fraction of sp³-hybridized carbons (Fsp3) is 0.333. The lowest BCUT2D eigenvalue weighted by Crippen LogP contribution is -2.49. The van der Waals surface area contributed by atoms with E-state index in [-0.39, 0.29) is 17.7 Å². The Morgan fingerprint density at radius 2 is 2.17 bits per heavy atom.